The Morgan fingerprint density at radius 1 is 1.18 bits per heavy atom. The molecule has 1 fully saturated rings. The van der Waals surface area contributed by atoms with E-state index in [0.29, 0.717) is 5.92 Å². The Morgan fingerprint density at radius 3 is 2.71 bits per heavy atom. The number of fused-ring (bicyclic) bond motifs is 1. The van der Waals surface area contributed by atoms with Gasteiger partial charge in [-0.25, -0.2) is 4.98 Å². The number of piperidine rings is 1. The highest BCUT2D eigenvalue weighted by Crippen LogP contribution is 2.37. The molecule has 1 unspecified atom stereocenters. The van der Waals surface area contributed by atoms with E-state index in [-0.39, 0.29) is 17.9 Å². The van der Waals surface area contributed by atoms with Gasteiger partial charge in [-0.3, -0.25) is 14.7 Å². The van der Waals surface area contributed by atoms with Crippen LogP contribution in [0.15, 0.2) is 36.9 Å². The lowest BCUT2D eigenvalue weighted by Crippen LogP contribution is -2.44. The number of hydrogen-bond acceptors (Lipinski definition) is 4. The lowest BCUT2D eigenvalue weighted by atomic mass is 9.87. The van der Waals surface area contributed by atoms with E-state index >= 15 is 0 Å². The molecule has 0 bridgehead atoms. The molecule has 6 nitrogen and oxygen atoms in total. The molecule has 28 heavy (non-hydrogen) atoms. The Labute approximate surface area is 167 Å². The first-order valence-electron chi connectivity index (χ1n) is 10.6. The number of carbonyl (C=O) groups is 1. The summed E-state index contributed by atoms with van der Waals surface area (Å²) in [6, 6.07) is 4.25. The van der Waals surface area contributed by atoms with Crippen LogP contribution >= 0.6 is 0 Å². The summed E-state index contributed by atoms with van der Waals surface area (Å²) >= 11 is 0. The van der Waals surface area contributed by atoms with Crippen molar-refractivity contribution in [1.29, 1.82) is 0 Å². The van der Waals surface area contributed by atoms with Gasteiger partial charge in [0.1, 0.15) is 5.82 Å². The monoisotopic (exact) mass is 381 g/mol. The van der Waals surface area contributed by atoms with Crippen molar-refractivity contribution in [2.24, 2.45) is 11.8 Å². The minimum Gasteiger partial charge on any atom is -0.333 e. The minimum atomic E-state index is 0.0229. The Hall–Kier alpha value is -2.21. The summed E-state index contributed by atoms with van der Waals surface area (Å²) in [5.74, 6) is 1.83. The molecule has 4 rings (SSSR count). The fourth-order valence-electron chi connectivity index (χ4n) is 4.69. The van der Waals surface area contributed by atoms with Crippen LogP contribution < -0.4 is 0 Å². The highest BCUT2D eigenvalue weighted by atomic mass is 16.2. The topological polar surface area (TPSA) is 54.3 Å². The molecule has 150 valence electrons. The lowest BCUT2D eigenvalue weighted by molar-refractivity contribution is -0.139. The minimum absolute atomic E-state index is 0.0229. The molecule has 1 atom stereocenters. The molecule has 1 saturated heterocycles. The van der Waals surface area contributed by atoms with Crippen LogP contribution in [-0.2, 0) is 17.9 Å². The number of likely N-dealkylation sites (tertiary alicyclic amines) is 1. The summed E-state index contributed by atoms with van der Waals surface area (Å²) in [7, 11) is 0. The predicted molar refractivity (Wildman–Crippen MR) is 108 cm³/mol. The molecule has 0 saturated carbocycles. The molecule has 0 radical (unpaired) electrons. The maximum Gasteiger partial charge on any atom is 0.225 e. The number of hydrogen-bond donors (Lipinski definition) is 0. The van der Waals surface area contributed by atoms with Gasteiger partial charge in [-0.05, 0) is 49.9 Å². The molecule has 0 N–H and O–H groups in total. The van der Waals surface area contributed by atoms with Crippen LogP contribution in [0.25, 0.3) is 0 Å². The van der Waals surface area contributed by atoms with Crippen LogP contribution in [0.1, 0.15) is 50.5 Å². The molecular formula is C22H31N5O. The van der Waals surface area contributed by atoms with Crippen LogP contribution in [-0.4, -0.2) is 49.9 Å². The van der Waals surface area contributed by atoms with Crippen molar-refractivity contribution >= 4 is 5.91 Å². The van der Waals surface area contributed by atoms with Crippen molar-refractivity contribution in [3.05, 3.63) is 48.3 Å². The van der Waals surface area contributed by atoms with Gasteiger partial charge < -0.3 is 9.47 Å². The van der Waals surface area contributed by atoms with E-state index in [1.54, 1.807) is 0 Å². The third-order valence-electron chi connectivity index (χ3n) is 6.13. The van der Waals surface area contributed by atoms with Gasteiger partial charge in [-0.2, -0.15) is 0 Å². The first-order valence-corrected chi connectivity index (χ1v) is 10.6. The highest BCUT2D eigenvalue weighted by Gasteiger charge is 2.38. The van der Waals surface area contributed by atoms with E-state index in [4.69, 9.17) is 4.98 Å². The largest absolute Gasteiger partial charge is 0.333 e. The van der Waals surface area contributed by atoms with E-state index < -0.39 is 0 Å². The zero-order valence-electron chi connectivity index (χ0n) is 17.0. The number of carbonyl (C=O) groups excluding carboxylic acids is 1. The number of pyridine rings is 1. The molecule has 0 spiro atoms. The van der Waals surface area contributed by atoms with Crippen LogP contribution in [0.5, 0.6) is 0 Å². The van der Waals surface area contributed by atoms with Gasteiger partial charge in [-0.1, -0.05) is 19.9 Å². The highest BCUT2D eigenvalue weighted by molar-refractivity contribution is 5.78. The summed E-state index contributed by atoms with van der Waals surface area (Å²) < 4.78 is 2.26. The molecule has 0 aromatic carbocycles. The molecule has 2 aliphatic heterocycles. The Balaban J connectivity index is 1.50. The summed E-state index contributed by atoms with van der Waals surface area (Å²) in [5.41, 5.74) is 1.27. The SMILES string of the molecule is CC(C)C(=O)N1CCCn2ccnc2C1C1CCN(Cc2cccnc2)CC1. The Bertz CT molecular complexity index is 779. The molecule has 1 amide bonds. The van der Waals surface area contributed by atoms with Crippen LogP contribution in [0.2, 0.25) is 0 Å². The van der Waals surface area contributed by atoms with Crippen LogP contribution in [0.3, 0.4) is 0 Å². The normalized spacial score (nSPS) is 21.5. The Morgan fingerprint density at radius 2 is 2.00 bits per heavy atom. The Kier molecular flexibility index (Phi) is 5.76. The third-order valence-corrected chi connectivity index (χ3v) is 6.13. The molecule has 0 aliphatic carbocycles. The second-order valence-electron chi connectivity index (χ2n) is 8.44. The third kappa shape index (κ3) is 3.97. The second kappa shape index (κ2) is 8.43. The lowest BCUT2D eigenvalue weighted by Gasteiger charge is -2.40. The summed E-state index contributed by atoms with van der Waals surface area (Å²) in [6.07, 6.45) is 10.9. The zero-order chi connectivity index (χ0) is 19.5. The second-order valence-corrected chi connectivity index (χ2v) is 8.44. The van der Waals surface area contributed by atoms with Gasteiger partial charge in [0.05, 0.1) is 6.04 Å². The van der Waals surface area contributed by atoms with E-state index in [2.05, 4.69) is 31.6 Å². The number of rotatable bonds is 4. The van der Waals surface area contributed by atoms with E-state index in [1.165, 1.54) is 5.56 Å². The van der Waals surface area contributed by atoms with Gasteiger partial charge in [-0.15, -0.1) is 0 Å². The van der Waals surface area contributed by atoms with Crippen molar-refractivity contribution in [3.63, 3.8) is 0 Å². The zero-order valence-corrected chi connectivity index (χ0v) is 17.0. The van der Waals surface area contributed by atoms with E-state index in [9.17, 15) is 4.79 Å². The number of imidazole rings is 1. The van der Waals surface area contributed by atoms with Gasteiger partial charge >= 0.3 is 0 Å². The van der Waals surface area contributed by atoms with Crippen molar-refractivity contribution < 1.29 is 4.79 Å². The van der Waals surface area contributed by atoms with Gasteiger partial charge in [0, 0.05) is 50.3 Å². The quantitative estimate of drug-likeness (QED) is 0.817. The van der Waals surface area contributed by atoms with Crippen LogP contribution in [0, 0.1) is 11.8 Å². The van der Waals surface area contributed by atoms with E-state index in [0.717, 1.165) is 57.8 Å². The average molecular weight is 382 g/mol. The van der Waals surface area contributed by atoms with E-state index in [1.807, 2.05) is 38.5 Å². The average Bonchev–Trinajstić information content (AvgIpc) is 3.09. The van der Waals surface area contributed by atoms with Crippen molar-refractivity contribution in [2.45, 2.75) is 52.2 Å². The number of aryl methyl sites for hydroxylation is 1. The summed E-state index contributed by atoms with van der Waals surface area (Å²) in [5, 5.41) is 0. The standard InChI is InChI=1S/C22H31N5O/c1-17(2)22(28)27-11-4-10-26-14-9-24-21(26)20(27)19-6-12-25(13-7-19)16-18-5-3-8-23-15-18/h3,5,8-9,14-15,17,19-20H,4,6-7,10-13,16H2,1-2H3. The molecule has 4 heterocycles. The predicted octanol–water partition coefficient (Wildman–Crippen LogP) is 3.12. The van der Waals surface area contributed by atoms with Crippen molar-refractivity contribution in [3.8, 4) is 0 Å². The fraction of sp³-hybridized carbons (Fsp3) is 0.591. The summed E-state index contributed by atoms with van der Waals surface area (Å²) in [4.78, 5) is 26.6. The maximum absolute atomic E-state index is 13.0. The molecule has 2 aromatic rings. The van der Waals surface area contributed by atoms with Gasteiger partial charge in [0.15, 0.2) is 0 Å². The molecule has 2 aromatic heterocycles. The molecular weight excluding hydrogens is 350 g/mol. The molecule has 2 aliphatic rings. The van der Waals surface area contributed by atoms with Gasteiger partial charge in [0.25, 0.3) is 0 Å². The number of aromatic nitrogens is 3. The maximum atomic E-state index is 13.0. The van der Waals surface area contributed by atoms with Gasteiger partial charge in [0.2, 0.25) is 5.91 Å². The first-order chi connectivity index (χ1) is 13.6. The number of nitrogens with zero attached hydrogens (tertiary/aromatic N) is 5. The van der Waals surface area contributed by atoms with Crippen molar-refractivity contribution in [1.82, 2.24) is 24.3 Å². The fourth-order valence-corrected chi connectivity index (χ4v) is 4.69. The molecule has 6 heteroatoms. The smallest absolute Gasteiger partial charge is 0.225 e. The first kappa shape index (κ1) is 19.1. The summed E-state index contributed by atoms with van der Waals surface area (Å²) in [6.45, 7) is 8.87. The van der Waals surface area contributed by atoms with Crippen LogP contribution in [0.4, 0.5) is 0 Å². The number of amides is 1. The van der Waals surface area contributed by atoms with Crippen molar-refractivity contribution in [2.75, 3.05) is 19.6 Å².